The average molecular weight is 306 g/mol. The van der Waals surface area contributed by atoms with Crippen molar-refractivity contribution < 1.29 is 4.79 Å². The molecule has 110 valence electrons. The van der Waals surface area contributed by atoms with Crippen molar-refractivity contribution in [3.63, 3.8) is 0 Å². The normalized spacial score (nSPS) is 10.6. The van der Waals surface area contributed by atoms with Crippen molar-refractivity contribution in [3.05, 3.63) is 82.9 Å². The molecule has 0 atom stereocenters. The summed E-state index contributed by atoms with van der Waals surface area (Å²) >= 11 is 5.29. The van der Waals surface area contributed by atoms with Gasteiger partial charge in [0, 0.05) is 16.8 Å². The third-order valence-electron chi connectivity index (χ3n) is 3.36. The van der Waals surface area contributed by atoms with E-state index < -0.39 is 0 Å². The van der Waals surface area contributed by atoms with Crippen LogP contribution in [0.4, 0.5) is 0 Å². The van der Waals surface area contributed by atoms with Gasteiger partial charge in [-0.05, 0) is 29.2 Å². The van der Waals surface area contributed by atoms with E-state index in [9.17, 15) is 4.79 Å². The monoisotopic (exact) mass is 306 g/mol. The summed E-state index contributed by atoms with van der Waals surface area (Å²) in [6.45, 7) is 5.81. The Morgan fingerprint density at radius 3 is 1.86 bits per heavy atom. The highest BCUT2D eigenvalue weighted by molar-refractivity contribution is 7.80. The van der Waals surface area contributed by atoms with Gasteiger partial charge in [-0.15, -0.1) is 0 Å². The lowest BCUT2D eigenvalue weighted by Crippen LogP contribution is -2.00. The highest BCUT2D eigenvalue weighted by atomic mass is 32.1. The third kappa shape index (κ3) is 4.61. The smallest absolute Gasteiger partial charge is 0.150 e. The van der Waals surface area contributed by atoms with E-state index in [4.69, 9.17) is 12.2 Å². The number of rotatable bonds is 6. The fourth-order valence-electron chi connectivity index (χ4n) is 1.96. The van der Waals surface area contributed by atoms with Crippen LogP contribution >= 0.6 is 12.2 Å². The van der Waals surface area contributed by atoms with Gasteiger partial charge in [0.2, 0.25) is 0 Å². The van der Waals surface area contributed by atoms with Crippen molar-refractivity contribution >= 4 is 35.5 Å². The lowest BCUT2D eigenvalue weighted by molar-refractivity contribution is 0.112. The van der Waals surface area contributed by atoms with E-state index >= 15 is 0 Å². The van der Waals surface area contributed by atoms with Crippen LogP contribution in [0.1, 0.15) is 34.0 Å². The van der Waals surface area contributed by atoms with Gasteiger partial charge in [0.15, 0.2) is 0 Å². The van der Waals surface area contributed by atoms with E-state index in [0.29, 0.717) is 5.56 Å². The van der Waals surface area contributed by atoms with Crippen molar-refractivity contribution in [2.45, 2.75) is 13.3 Å². The number of thiocarbonyl (C=S) groups is 1. The molecule has 0 spiro atoms. The van der Waals surface area contributed by atoms with E-state index in [1.165, 1.54) is 5.56 Å². The fraction of sp³-hybridized carbons (Fsp3) is 0.100. The Balaban J connectivity index is 2.03. The topological polar surface area (TPSA) is 17.1 Å². The van der Waals surface area contributed by atoms with Gasteiger partial charge < -0.3 is 0 Å². The molecule has 0 aliphatic heterocycles. The maximum atomic E-state index is 10.6. The molecule has 1 nitrogen and oxygen atoms in total. The number of hydrogen-bond donors (Lipinski definition) is 0. The van der Waals surface area contributed by atoms with Crippen LogP contribution in [0.5, 0.6) is 0 Å². The molecular weight excluding hydrogens is 288 g/mol. The fourth-order valence-corrected chi connectivity index (χ4v) is 2.13. The Kier molecular flexibility index (Phi) is 5.56. The molecule has 0 saturated heterocycles. The molecular formula is C20H18OS. The minimum absolute atomic E-state index is 0.690. The van der Waals surface area contributed by atoms with Crippen molar-refractivity contribution in [2.24, 2.45) is 0 Å². The Morgan fingerprint density at radius 2 is 1.41 bits per heavy atom. The van der Waals surface area contributed by atoms with Crippen LogP contribution in [-0.4, -0.2) is 11.2 Å². The van der Waals surface area contributed by atoms with Crippen LogP contribution in [0, 0.1) is 0 Å². The summed E-state index contributed by atoms with van der Waals surface area (Å²) in [5.74, 6) is 0. The van der Waals surface area contributed by atoms with Gasteiger partial charge in [-0.3, -0.25) is 4.79 Å². The van der Waals surface area contributed by atoms with Crippen molar-refractivity contribution in [1.82, 2.24) is 0 Å². The van der Waals surface area contributed by atoms with Crippen LogP contribution in [0.25, 0.3) is 12.2 Å². The van der Waals surface area contributed by atoms with Crippen molar-refractivity contribution in [1.29, 1.82) is 0 Å². The number of aldehydes is 1. The second-order valence-electron chi connectivity index (χ2n) is 5.24. The number of carbonyl (C=O) groups excluding carboxylic acids is 1. The van der Waals surface area contributed by atoms with Crippen molar-refractivity contribution in [2.75, 3.05) is 0 Å². The zero-order valence-corrected chi connectivity index (χ0v) is 13.4. The maximum Gasteiger partial charge on any atom is 0.150 e. The second kappa shape index (κ2) is 7.62. The van der Waals surface area contributed by atoms with Gasteiger partial charge >= 0.3 is 0 Å². The molecule has 0 heterocycles. The van der Waals surface area contributed by atoms with Gasteiger partial charge in [0.05, 0.1) is 0 Å². The van der Waals surface area contributed by atoms with Crippen LogP contribution < -0.4 is 0 Å². The van der Waals surface area contributed by atoms with Crippen LogP contribution in [0.2, 0.25) is 0 Å². The lowest BCUT2D eigenvalue weighted by atomic mass is 10.0. The summed E-state index contributed by atoms with van der Waals surface area (Å²) in [7, 11) is 0. The van der Waals surface area contributed by atoms with Gasteiger partial charge in [-0.1, -0.05) is 79.5 Å². The molecule has 2 aromatic carbocycles. The first-order chi connectivity index (χ1) is 10.6. The van der Waals surface area contributed by atoms with E-state index in [1.807, 2.05) is 37.3 Å². The van der Waals surface area contributed by atoms with E-state index in [-0.39, 0.29) is 0 Å². The molecule has 0 N–H and O–H groups in total. The molecule has 0 fully saturated rings. The molecule has 22 heavy (non-hydrogen) atoms. The van der Waals surface area contributed by atoms with E-state index in [2.05, 4.69) is 36.9 Å². The zero-order chi connectivity index (χ0) is 15.9. The molecule has 0 unspecified atom stereocenters. The Morgan fingerprint density at radius 1 is 0.955 bits per heavy atom. The summed E-state index contributed by atoms with van der Waals surface area (Å²) in [4.78, 5) is 11.5. The molecule has 2 aromatic rings. The Bertz CT molecular complexity index is 706. The predicted octanol–water partition coefficient (Wildman–Crippen LogP) is 5.16. The third-order valence-corrected chi connectivity index (χ3v) is 3.85. The second-order valence-corrected chi connectivity index (χ2v) is 5.73. The SMILES string of the molecule is C=C(C)C(=S)Cc1ccc(C=Cc2ccc(C=O)cc2)cc1. The average Bonchev–Trinajstić information content (AvgIpc) is 2.54. The number of allylic oxidation sites excluding steroid dienone is 1. The Hall–Kier alpha value is -2.32. The minimum Gasteiger partial charge on any atom is -0.298 e. The van der Waals surface area contributed by atoms with Gasteiger partial charge in [-0.2, -0.15) is 0 Å². The Labute approximate surface area is 137 Å². The van der Waals surface area contributed by atoms with Gasteiger partial charge in [-0.25, -0.2) is 0 Å². The molecule has 0 saturated carbocycles. The van der Waals surface area contributed by atoms with Crippen LogP contribution in [0.3, 0.4) is 0 Å². The molecule has 0 aliphatic rings. The number of hydrogen-bond acceptors (Lipinski definition) is 2. The summed E-state index contributed by atoms with van der Waals surface area (Å²) < 4.78 is 0. The summed E-state index contributed by atoms with van der Waals surface area (Å²) in [5, 5.41) is 0. The first-order valence-corrected chi connectivity index (χ1v) is 7.50. The standard InChI is InChI=1S/C20H18OS/c1-15(2)20(22)13-18-9-5-16(6-10-18)3-4-17-7-11-19(14-21)12-8-17/h3-12,14H,1,13H2,2H3. The van der Waals surface area contributed by atoms with Crippen LogP contribution in [-0.2, 0) is 6.42 Å². The molecule has 0 aliphatic carbocycles. The van der Waals surface area contributed by atoms with Gasteiger partial charge in [0.25, 0.3) is 0 Å². The lowest BCUT2D eigenvalue weighted by Gasteiger charge is -2.03. The molecule has 0 aromatic heterocycles. The quantitative estimate of drug-likeness (QED) is 0.317. The highest BCUT2D eigenvalue weighted by Gasteiger charge is 1.99. The largest absolute Gasteiger partial charge is 0.298 e. The molecule has 0 amide bonds. The minimum atomic E-state index is 0.690. The first-order valence-electron chi connectivity index (χ1n) is 7.09. The van der Waals surface area contributed by atoms with Crippen molar-refractivity contribution in [3.8, 4) is 0 Å². The summed E-state index contributed by atoms with van der Waals surface area (Å²) in [5.41, 5.74) is 5.04. The summed E-state index contributed by atoms with van der Waals surface area (Å²) in [6.07, 6.45) is 5.70. The maximum absolute atomic E-state index is 10.6. The zero-order valence-electron chi connectivity index (χ0n) is 12.6. The summed E-state index contributed by atoms with van der Waals surface area (Å²) in [6, 6.07) is 15.8. The van der Waals surface area contributed by atoms with Crippen LogP contribution in [0.15, 0.2) is 60.7 Å². The first kappa shape index (κ1) is 16.1. The molecule has 0 radical (unpaired) electrons. The van der Waals surface area contributed by atoms with E-state index in [1.54, 1.807) is 0 Å². The molecule has 0 bridgehead atoms. The predicted molar refractivity (Wildman–Crippen MR) is 98.3 cm³/mol. The molecule has 2 heteroatoms. The number of benzene rings is 2. The number of carbonyl (C=O) groups is 1. The van der Waals surface area contributed by atoms with E-state index in [0.717, 1.165) is 34.3 Å². The molecule has 2 rings (SSSR count). The highest BCUT2D eigenvalue weighted by Crippen LogP contribution is 2.12. The van der Waals surface area contributed by atoms with Gasteiger partial charge in [0.1, 0.15) is 6.29 Å².